The van der Waals surface area contributed by atoms with E-state index >= 15 is 0 Å². The van der Waals surface area contributed by atoms with Gasteiger partial charge in [-0.2, -0.15) is 0 Å². The summed E-state index contributed by atoms with van der Waals surface area (Å²) < 4.78 is 11.1. The fourth-order valence-electron chi connectivity index (χ4n) is 4.48. The molecule has 1 aliphatic rings. The highest BCUT2D eigenvalue weighted by molar-refractivity contribution is 5.89. The third kappa shape index (κ3) is 6.74. The smallest absolute Gasteiger partial charge is 0.407 e. The standard InChI is InChI=1S/C29H30N2O6/c1-19(16-36-17-20-9-3-2-4-10-20)30-28(34)26(15-27(32)33)31-29(35)37-18-25-23-13-7-5-11-21(23)22-12-6-8-14-24(22)25/h2-14,19,25-26H,15-18H2,1H3,(H,30,34)(H,31,35)(H,32,33). The van der Waals surface area contributed by atoms with Crippen LogP contribution in [0.15, 0.2) is 78.9 Å². The summed E-state index contributed by atoms with van der Waals surface area (Å²) in [5.41, 5.74) is 5.31. The number of carboxylic acid groups (broad SMARTS) is 1. The van der Waals surface area contributed by atoms with Crippen molar-refractivity contribution in [2.45, 2.75) is 38.0 Å². The number of nitrogens with one attached hydrogen (secondary N) is 2. The normalized spacial score (nSPS) is 13.6. The maximum Gasteiger partial charge on any atom is 0.407 e. The first-order valence-electron chi connectivity index (χ1n) is 12.2. The van der Waals surface area contributed by atoms with Crippen LogP contribution in [0.1, 0.15) is 36.0 Å². The van der Waals surface area contributed by atoms with Crippen LogP contribution < -0.4 is 10.6 Å². The molecule has 0 bridgehead atoms. The van der Waals surface area contributed by atoms with E-state index in [1.54, 1.807) is 6.92 Å². The third-order valence-electron chi connectivity index (χ3n) is 6.20. The highest BCUT2D eigenvalue weighted by Crippen LogP contribution is 2.44. The van der Waals surface area contributed by atoms with Gasteiger partial charge < -0.3 is 25.2 Å². The van der Waals surface area contributed by atoms with E-state index < -0.39 is 36.5 Å². The molecule has 3 N–H and O–H groups in total. The van der Waals surface area contributed by atoms with E-state index in [-0.39, 0.29) is 19.1 Å². The van der Waals surface area contributed by atoms with Gasteiger partial charge in [0.2, 0.25) is 5.91 Å². The van der Waals surface area contributed by atoms with Crippen LogP contribution in [0.4, 0.5) is 4.79 Å². The van der Waals surface area contributed by atoms with E-state index in [0.717, 1.165) is 27.8 Å². The number of rotatable bonds is 11. The van der Waals surface area contributed by atoms with Crippen molar-refractivity contribution in [2.24, 2.45) is 0 Å². The highest BCUT2D eigenvalue weighted by atomic mass is 16.5. The van der Waals surface area contributed by atoms with Crippen molar-refractivity contribution in [1.82, 2.24) is 10.6 Å². The minimum absolute atomic E-state index is 0.0605. The lowest BCUT2D eigenvalue weighted by Gasteiger charge is -2.21. The van der Waals surface area contributed by atoms with Crippen molar-refractivity contribution in [3.05, 3.63) is 95.6 Å². The minimum atomic E-state index is -1.29. The maximum absolute atomic E-state index is 12.7. The maximum atomic E-state index is 12.7. The Bertz CT molecular complexity index is 1200. The monoisotopic (exact) mass is 502 g/mol. The van der Waals surface area contributed by atoms with Crippen molar-refractivity contribution < 1.29 is 29.0 Å². The van der Waals surface area contributed by atoms with Crippen LogP contribution in [0.2, 0.25) is 0 Å². The lowest BCUT2D eigenvalue weighted by atomic mass is 9.98. The second-order valence-electron chi connectivity index (χ2n) is 9.03. The first kappa shape index (κ1) is 25.9. The van der Waals surface area contributed by atoms with Crippen molar-refractivity contribution in [1.29, 1.82) is 0 Å². The zero-order valence-corrected chi connectivity index (χ0v) is 20.6. The Morgan fingerprint density at radius 3 is 2.08 bits per heavy atom. The summed E-state index contributed by atoms with van der Waals surface area (Å²) in [6, 6.07) is 23.8. The third-order valence-corrected chi connectivity index (χ3v) is 6.20. The summed E-state index contributed by atoms with van der Waals surface area (Å²) in [5, 5.41) is 14.4. The zero-order valence-electron chi connectivity index (χ0n) is 20.6. The molecule has 8 nitrogen and oxygen atoms in total. The Hall–Kier alpha value is -4.17. The molecule has 2 unspecified atom stereocenters. The van der Waals surface area contributed by atoms with Crippen LogP contribution in [0.3, 0.4) is 0 Å². The Kier molecular flexibility index (Phi) is 8.53. The number of hydrogen-bond donors (Lipinski definition) is 3. The van der Waals surface area contributed by atoms with Crippen LogP contribution in [0.25, 0.3) is 11.1 Å². The molecule has 4 rings (SSSR count). The topological polar surface area (TPSA) is 114 Å². The average molecular weight is 503 g/mol. The fraction of sp³-hybridized carbons (Fsp3) is 0.276. The predicted molar refractivity (Wildman–Crippen MR) is 138 cm³/mol. The average Bonchev–Trinajstić information content (AvgIpc) is 3.21. The van der Waals surface area contributed by atoms with Crippen molar-refractivity contribution in [2.75, 3.05) is 13.2 Å². The zero-order chi connectivity index (χ0) is 26.2. The number of carbonyl (C=O) groups is 3. The lowest BCUT2D eigenvalue weighted by molar-refractivity contribution is -0.140. The van der Waals surface area contributed by atoms with Crippen LogP contribution in [-0.2, 0) is 25.7 Å². The van der Waals surface area contributed by atoms with Crippen LogP contribution in [0.5, 0.6) is 0 Å². The molecule has 0 fully saturated rings. The van der Waals surface area contributed by atoms with Crippen LogP contribution in [0, 0.1) is 0 Å². The lowest BCUT2D eigenvalue weighted by Crippen LogP contribution is -2.51. The SMILES string of the molecule is CC(COCc1ccccc1)NC(=O)C(CC(=O)O)NC(=O)OCC1c2ccccc2-c2ccccc21. The largest absolute Gasteiger partial charge is 0.481 e. The predicted octanol–water partition coefficient (Wildman–Crippen LogP) is 4.09. The van der Waals surface area contributed by atoms with Crippen molar-refractivity contribution >= 4 is 18.0 Å². The first-order valence-corrected chi connectivity index (χ1v) is 12.2. The molecule has 0 saturated carbocycles. The number of hydrogen-bond acceptors (Lipinski definition) is 5. The summed E-state index contributed by atoms with van der Waals surface area (Å²) in [5.74, 6) is -1.98. The Balaban J connectivity index is 1.31. The molecular formula is C29H30N2O6. The second-order valence-corrected chi connectivity index (χ2v) is 9.03. The molecule has 8 heteroatoms. The Labute approximate surface area is 215 Å². The van der Waals surface area contributed by atoms with E-state index in [1.165, 1.54) is 0 Å². The molecule has 0 radical (unpaired) electrons. The number of ether oxygens (including phenoxy) is 2. The summed E-state index contributed by atoms with van der Waals surface area (Å²) in [7, 11) is 0. The number of benzene rings is 3. The molecule has 0 aromatic heterocycles. The van der Waals surface area contributed by atoms with Gasteiger partial charge in [-0.25, -0.2) is 4.79 Å². The van der Waals surface area contributed by atoms with Gasteiger partial charge >= 0.3 is 12.1 Å². The number of aliphatic carboxylic acids is 1. The molecule has 0 aliphatic heterocycles. The van der Waals surface area contributed by atoms with Gasteiger partial charge in [0.15, 0.2) is 0 Å². The molecule has 2 amide bonds. The molecule has 0 spiro atoms. The Morgan fingerprint density at radius 1 is 0.865 bits per heavy atom. The van der Waals surface area contributed by atoms with E-state index in [4.69, 9.17) is 9.47 Å². The molecule has 3 aromatic rings. The van der Waals surface area contributed by atoms with Gasteiger partial charge in [-0.15, -0.1) is 0 Å². The van der Waals surface area contributed by atoms with Gasteiger partial charge in [-0.05, 0) is 34.7 Å². The summed E-state index contributed by atoms with van der Waals surface area (Å²) >= 11 is 0. The van der Waals surface area contributed by atoms with Crippen molar-refractivity contribution in [3.8, 4) is 11.1 Å². The minimum Gasteiger partial charge on any atom is -0.481 e. The molecule has 1 aliphatic carbocycles. The van der Waals surface area contributed by atoms with Crippen LogP contribution >= 0.6 is 0 Å². The number of carboxylic acids is 1. The molecule has 0 saturated heterocycles. The van der Waals surface area contributed by atoms with E-state index in [1.807, 2.05) is 78.9 Å². The summed E-state index contributed by atoms with van der Waals surface area (Å²) in [6.07, 6.45) is -1.43. The van der Waals surface area contributed by atoms with Gasteiger partial charge in [0.05, 0.1) is 19.6 Å². The number of carbonyl (C=O) groups excluding carboxylic acids is 2. The molecule has 2 atom stereocenters. The molecule has 0 heterocycles. The Morgan fingerprint density at radius 2 is 1.46 bits per heavy atom. The second kappa shape index (κ2) is 12.2. The number of fused-ring (bicyclic) bond motifs is 3. The van der Waals surface area contributed by atoms with Crippen molar-refractivity contribution in [3.63, 3.8) is 0 Å². The quantitative estimate of drug-likeness (QED) is 0.364. The summed E-state index contributed by atoms with van der Waals surface area (Å²) in [6.45, 7) is 2.42. The van der Waals surface area contributed by atoms with Gasteiger partial charge in [0.25, 0.3) is 0 Å². The highest BCUT2D eigenvalue weighted by Gasteiger charge is 2.30. The fourth-order valence-corrected chi connectivity index (χ4v) is 4.48. The van der Waals surface area contributed by atoms with Gasteiger partial charge in [0.1, 0.15) is 12.6 Å². The molecular weight excluding hydrogens is 472 g/mol. The van der Waals surface area contributed by atoms with Crippen LogP contribution in [-0.4, -0.2) is 48.4 Å². The molecule has 37 heavy (non-hydrogen) atoms. The number of amides is 2. The van der Waals surface area contributed by atoms with E-state index in [9.17, 15) is 19.5 Å². The first-order chi connectivity index (χ1) is 17.9. The molecule has 192 valence electrons. The summed E-state index contributed by atoms with van der Waals surface area (Å²) in [4.78, 5) is 36.7. The molecule has 3 aromatic carbocycles. The van der Waals surface area contributed by atoms with E-state index in [2.05, 4.69) is 10.6 Å². The van der Waals surface area contributed by atoms with Gasteiger partial charge in [-0.3, -0.25) is 9.59 Å². The van der Waals surface area contributed by atoms with Gasteiger partial charge in [0, 0.05) is 12.0 Å². The number of alkyl carbamates (subject to hydrolysis) is 1. The van der Waals surface area contributed by atoms with E-state index in [0.29, 0.717) is 6.61 Å². The van der Waals surface area contributed by atoms with Gasteiger partial charge in [-0.1, -0.05) is 78.9 Å².